The van der Waals surface area contributed by atoms with Crippen molar-refractivity contribution in [3.63, 3.8) is 0 Å². The lowest BCUT2D eigenvalue weighted by molar-refractivity contribution is 0.186. The molecule has 1 N–H and O–H groups in total. The Morgan fingerprint density at radius 1 is 1.54 bits per heavy atom. The van der Waals surface area contributed by atoms with E-state index in [9.17, 15) is 0 Å². The summed E-state index contributed by atoms with van der Waals surface area (Å²) in [5.74, 6) is 0. The molecule has 0 spiro atoms. The molecule has 1 aromatic heterocycles. The van der Waals surface area contributed by atoms with E-state index in [1.54, 1.807) is 7.11 Å². The summed E-state index contributed by atoms with van der Waals surface area (Å²) < 4.78 is 6.16. The van der Waals surface area contributed by atoms with Gasteiger partial charge in [0.2, 0.25) is 0 Å². The Labute approximate surface area is 89.6 Å². The Morgan fingerprint density at radius 3 is 3.15 bits per heavy atom. The van der Waals surface area contributed by atoms with Crippen LogP contribution in [0.3, 0.4) is 0 Å². The maximum absolute atomic E-state index is 5.09. The number of hydrogen-bond acceptors (Lipinski definition) is 2. The van der Waals surface area contributed by atoms with Crippen LogP contribution in [0.15, 0.2) is 18.2 Å². The molecule has 0 bridgehead atoms. The predicted octanol–water partition coefficient (Wildman–Crippen LogP) is 2.31. The van der Waals surface area contributed by atoms with Crippen molar-refractivity contribution in [3.8, 4) is 0 Å². The van der Waals surface area contributed by atoms with Crippen LogP contribution in [-0.4, -0.2) is 17.3 Å². The van der Waals surface area contributed by atoms with Gasteiger partial charge in [0.15, 0.2) is 0 Å². The summed E-state index contributed by atoms with van der Waals surface area (Å²) in [6.45, 7) is 0.609. The largest absolute Gasteiger partial charge is 0.380 e. The lowest BCUT2D eigenvalue weighted by atomic mass is 10.1. The van der Waals surface area contributed by atoms with E-state index in [0.717, 1.165) is 20.2 Å². The standard InChI is InChI=1S/C9H9IN2O/c1-13-5-6-3-2-4-7-8(6)11-12-9(7)10/h2-4H,5H2,1H3,(H,11,12). The predicted molar refractivity (Wildman–Crippen MR) is 59.5 cm³/mol. The van der Waals surface area contributed by atoms with Gasteiger partial charge in [-0.1, -0.05) is 18.2 Å². The second-order valence-corrected chi connectivity index (χ2v) is 3.86. The summed E-state index contributed by atoms with van der Waals surface area (Å²) in [4.78, 5) is 0. The molecule has 0 aliphatic carbocycles. The van der Waals surface area contributed by atoms with Gasteiger partial charge in [0, 0.05) is 18.1 Å². The van der Waals surface area contributed by atoms with Crippen LogP contribution in [0.4, 0.5) is 0 Å². The van der Waals surface area contributed by atoms with Crippen LogP contribution < -0.4 is 0 Å². The van der Waals surface area contributed by atoms with Crippen molar-refractivity contribution >= 4 is 33.5 Å². The summed E-state index contributed by atoms with van der Waals surface area (Å²) in [5.41, 5.74) is 2.13. The van der Waals surface area contributed by atoms with Gasteiger partial charge in [-0.05, 0) is 22.6 Å². The van der Waals surface area contributed by atoms with Crippen LogP contribution in [0.25, 0.3) is 10.9 Å². The number of aromatic nitrogens is 2. The Kier molecular flexibility index (Phi) is 2.50. The Bertz CT molecular complexity index is 424. The molecule has 0 saturated heterocycles. The maximum Gasteiger partial charge on any atom is 0.104 e. The Balaban J connectivity index is 2.63. The molecule has 2 aromatic rings. The van der Waals surface area contributed by atoms with Crippen LogP contribution in [0.5, 0.6) is 0 Å². The maximum atomic E-state index is 5.09. The fraction of sp³-hybridized carbons (Fsp3) is 0.222. The first-order chi connectivity index (χ1) is 6.33. The van der Waals surface area contributed by atoms with Gasteiger partial charge in [-0.2, -0.15) is 5.10 Å². The molecule has 0 aliphatic heterocycles. The van der Waals surface area contributed by atoms with Gasteiger partial charge in [-0.3, -0.25) is 5.10 Å². The summed E-state index contributed by atoms with van der Waals surface area (Å²) in [6.07, 6.45) is 0. The molecule has 1 aromatic carbocycles. The second kappa shape index (κ2) is 3.63. The van der Waals surface area contributed by atoms with Gasteiger partial charge in [-0.25, -0.2) is 0 Å². The van der Waals surface area contributed by atoms with Crippen LogP contribution in [0.2, 0.25) is 0 Å². The van der Waals surface area contributed by atoms with Crippen LogP contribution in [0, 0.1) is 3.70 Å². The number of para-hydroxylation sites is 1. The van der Waals surface area contributed by atoms with Crippen molar-refractivity contribution in [3.05, 3.63) is 27.5 Å². The first-order valence-electron chi connectivity index (χ1n) is 3.93. The first kappa shape index (κ1) is 8.96. The zero-order valence-electron chi connectivity index (χ0n) is 7.17. The molecule has 2 rings (SSSR count). The molecule has 0 aliphatic rings. The van der Waals surface area contributed by atoms with Crippen molar-refractivity contribution in [1.82, 2.24) is 10.2 Å². The van der Waals surface area contributed by atoms with Crippen molar-refractivity contribution in [2.45, 2.75) is 6.61 Å². The van der Waals surface area contributed by atoms with E-state index < -0.39 is 0 Å². The van der Waals surface area contributed by atoms with Gasteiger partial charge in [0.05, 0.1) is 12.1 Å². The van der Waals surface area contributed by atoms with Gasteiger partial charge >= 0.3 is 0 Å². The van der Waals surface area contributed by atoms with E-state index in [1.165, 1.54) is 0 Å². The third-order valence-electron chi connectivity index (χ3n) is 1.92. The average Bonchev–Trinajstić information content (AvgIpc) is 2.50. The van der Waals surface area contributed by atoms with Crippen molar-refractivity contribution < 1.29 is 4.74 Å². The highest BCUT2D eigenvalue weighted by atomic mass is 127. The van der Waals surface area contributed by atoms with Gasteiger partial charge in [0.1, 0.15) is 3.70 Å². The Hall–Kier alpha value is -0.620. The molecule has 68 valence electrons. The summed E-state index contributed by atoms with van der Waals surface area (Å²) in [5, 5.41) is 8.34. The third-order valence-corrected chi connectivity index (χ3v) is 2.74. The number of aromatic amines is 1. The van der Waals surface area contributed by atoms with E-state index >= 15 is 0 Å². The van der Waals surface area contributed by atoms with E-state index in [4.69, 9.17) is 4.74 Å². The number of fused-ring (bicyclic) bond motifs is 1. The minimum absolute atomic E-state index is 0.609. The van der Waals surface area contributed by atoms with E-state index in [2.05, 4.69) is 38.9 Å². The lowest BCUT2D eigenvalue weighted by Gasteiger charge is -1.99. The quantitative estimate of drug-likeness (QED) is 0.861. The fourth-order valence-corrected chi connectivity index (χ4v) is 1.89. The molecule has 4 heteroatoms. The highest BCUT2D eigenvalue weighted by Gasteiger charge is 2.05. The van der Waals surface area contributed by atoms with Gasteiger partial charge in [-0.15, -0.1) is 0 Å². The number of nitrogens with zero attached hydrogens (tertiary/aromatic N) is 1. The summed E-state index contributed by atoms with van der Waals surface area (Å²) in [7, 11) is 1.69. The average molecular weight is 288 g/mol. The van der Waals surface area contributed by atoms with Crippen molar-refractivity contribution in [2.24, 2.45) is 0 Å². The molecule has 0 amide bonds. The molecular formula is C9H9IN2O. The monoisotopic (exact) mass is 288 g/mol. The SMILES string of the molecule is COCc1cccc2c(I)[nH]nc12. The van der Waals surface area contributed by atoms with E-state index in [-0.39, 0.29) is 0 Å². The zero-order chi connectivity index (χ0) is 9.26. The summed E-state index contributed by atoms with van der Waals surface area (Å²) >= 11 is 2.24. The fourth-order valence-electron chi connectivity index (χ4n) is 1.34. The number of H-pyrrole nitrogens is 1. The van der Waals surface area contributed by atoms with E-state index in [0.29, 0.717) is 6.61 Å². The molecule has 13 heavy (non-hydrogen) atoms. The first-order valence-corrected chi connectivity index (χ1v) is 5.01. The highest BCUT2D eigenvalue weighted by Crippen LogP contribution is 2.21. The number of hydrogen-bond donors (Lipinski definition) is 1. The summed E-state index contributed by atoms with van der Waals surface area (Å²) in [6, 6.07) is 6.11. The third kappa shape index (κ3) is 1.55. The number of ether oxygens (including phenoxy) is 1. The number of halogens is 1. The number of methoxy groups -OCH3 is 1. The Morgan fingerprint density at radius 2 is 2.38 bits per heavy atom. The molecular weight excluding hydrogens is 279 g/mol. The minimum Gasteiger partial charge on any atom is -0.380 e. The highest BCUT2D eigenvalue weighted by molar-refractivity contribution is 14.1. The van der Waals surface area contributed by atoms with Crippen molar-refractivity contribution in [2.75, 3.05) is 7.11 Å². The van der Waals surface area contributed by atoms with Crippen LogP contribution >= 0.6 is 22.6 Å². The van der Waals surface area contributed by atoms with Crippen molar-refractivity contribution in [1.29, 1.82) is 0 Å². The number of rotatable bonds is 2. The van der Waals surface area contributed by atoms with Gasteiger partial charge < -0.3 is 4.74 Å². The second-order valence-electron chi connectivity index (χ2n) is 2.78. The molecule has 3 nitrogen and oxygen atoms in total. The minimum atomic E-state index is 0.609. The molecule has 0 atom stereocenters. The normalized spacial score (nSPS) is 10.9. The zero-order valence-corrected chi connectivity index (χ0v) is 9.33. The van der Waals surface area contributed by atoms with Crippen LogP contribution in [0.1, 0.15) is 5.56 Å². The molecule has 1 heterocycles. The smallest absolute Gasteiger partial charge is 0.104 e. The van der Waals surface area contributed by atoms with E-state index in [1.807, 2.05) is 12.1 Å². The van der Waals surface area contributed by atoms with Gasteiger partial charge in [0.25, 0.3) is 0 Å². The molecule has 0 unspecified atom stereocenters. The molecule has 0 radical (unpaired) electrons. The number of nitrogens with one attached hydrogen (secondary N) is 1. The molecule has 0 fully saturated rings. The topological polar surface area (TPSA) is 37.9 Å². The van der Waals surface area contributed by atoms with Crippen LogP contribution in [-0.2, 0) is 11.3 Å². The number of benzene rings is 1. The molecule has 0 saturated carbocycles. The lowest BCUT2D eigenvalue weighted by Crippen LogP contribution is -1.88.